The Morgan fingerprint density at radius 2 is 1.29 bits per heavy atom. The molecule has 3 aromatic carbocycles. The Balaban J connectivity index is 1.12. The SMILES string of the molecule is Fc1ccc(C2=NC3=NC(c4ccc(N5CCCCC5)cc4Nc4ccccn4)=CC4=CC(c5ccc(C6CCCCC6)cc5Nc5ccccn5)=NC(=N2)N43)cc1. The van der Waals surface area contributed by atoms with Gasteiger partial charge < -0.3 is 15.5 Å². The number of halogens is 1. The molecule has 58 heavy (non-hydrogen) atoms. The van der Waals surface area contributed by atoms with Crippen molar-refractivity contribution in [1.82, 2.24) is 14.9 Å². The van der Waals surface area contributed by atoms with Gasteiger partial charge in [0.25, 0.3) is 0 Å². The van der Waals surface area contributed by atoms with Gasteiger partial charge in [0.05, 0.1) is 22.8 Å². The Kier molecular flexibility index (Phi) is 9.62. The molecule has 2 N–H and O–H groups in total. The summed E-state index contributed by atoms with van der Waals surface area (Å²) in [6.07, 6.45) is 17.5. The molecule has 5 aromatic rings. The molecule has 1 saturated carbocycles. The highest BCUT2D eigenvalue weighted by atomic mass is 19.1. The van der Waals surface area contributed by atoms with Crippen LogP contribution in [0.2, 0.25) is 0 Å². The van der Waals surface area contributed by atoms with E-state index in [2.05, 4.69) is 74.1 Å². The van der Waals surface area contributed by atoms with Crippen LogP contribution in [-0.2, 0) is 0 Å². The molecule has 1 saturated heterocycles. The van der Waals surface area contributed by atoms with Crippen LogP contribution in [0.1, 0.15) is 79.5 Å². The lowest BCUT2D eigenvalue weighted by molar-refractivity contribution is 0.444. The Labute approximate surface area is 337 Å². The van der Waals surface area contributed by atoms with E-state index in [0.29, 0.717) is 29.2 Å². The van der Waals surface area contributed by atoms with E-state index in [4.69, 9.17) is 20.0 Å². The predicted octanol–water partition coefficient (Wildman–Crippen LogP) is 10.4. The minimum Gasteiger partial charge on any atom is -0.371 e. The fourth-order valence-corrected chi connectivity index (χ4v) is 8.46. The zero-order valence-electron chi connectivity index (χ0n) is 32.2. The summed E-state index contributed by atoms with van der Waals surface area (Å²) < 4.78 is 14.1. The van der Waals surface area contributed by atoms with Crippen LogP contribution in [0.3, 0.4) is 0 Å². The Morgan fingerprint density at radius 3 is 2.02 bits per heavy atom. The van der Waals surface area contributed by atoms with Crippen molar-refractivity contribution >= 4 is 57.9 Å². The van der Waals surface area contributed by atoms with E-state index in [1.165, 1.54) is 69.1 Å². The second-order valence-electron chi connectivity index (χ2n) is 15.3. The van der Waals surface area contributed by atoms with Gasteiger partial charge in [-0.3, -0.25) is 0 Å². The van der Waals surface area contributed by atoms with Gasteiger partial charge in [0, 0.05) is 53.5 Å². The Hall–Kier alpha value is -6.75. The van der Waals surface area contributed by atoms with E-state index < -0.39 is 0 Å². The van der Waals surface area contributed by atoms with E-state index in [1.54, 1.807) is 24.5 Å². The first kappa shape index (κ1) is 35.6. The lowest BCUT2D eigenvalue weighted by Crippen LogP contribution is -2.42. The maximum Gasteiger partial charge on any atom is 0.239 e. The number of nitrogens with zero attached hydrogens (tertiary/aromatic N) is 8. The molecule has 0 bridgehead atoms. The van der Waals surface area contributed by atoms with Crippen molar-refractivity contribution in [3.63, 3.8) is 0 Å². The van der Waals surface area contributed by atoms with E-state index in [1.807, 2.05) is 41.3 Å². The number of nitrogens with one attached hydrogen (secondary N) is 2. The van der Waals surface area contributed by atoms with E-state index >= 15 is 0 Å². The van der Waals surface area contributed by atoms with Gasteiger partial charge in [0.15, 0.2) is 5.84 Å². The molecule has 2 fully saturated rings. The lowest BCUT2D eigenvalue weighted by atomic mass is 9.83. The minimum atomic E-state index is -0.330. The quantitative estimate of drug-likeness (QED) is 0.155. The number of piperidine rings is 1. The lowest BCUT2D eigenvalue weighted by Gasteiger charge is -2.33. The summed E-state index contributed by atoms with van der Waals surface area (Å²) in [5.41, 5.74) is 9.09. The molecule has 1 aliphatic carbocycles. The molecule has 0 atom stereocenters. The number of pyridine rings is 2. The van der Waals surface area contributed by atoms with E-state index in [-0.39, 0.29) is 5.82 Å². The third kappa shape index (κ3) is 7.31. The highest BCUT2D eigenvalue weighted by molar-refractivity contribution is 6.27. The van der Waals surface area contributed by atoms with Crippen LogP contribution < -0.4 is 15.5 Å². The highest BCUT2D eigenvalue weighted by Crippen LogP contribution is 2.39. The largest absolute Gasteiger partial charge is 0.371 e. The highest BCUT2D eigenvalue weighted by Gasteiger charge is 2.34. The molecule has 6 heterocycles. The van der Waals surface area contributed by atoms with Gasteiger partial charge in [0.2, 0.25) is 11.9 Å². The van der Waals surface area contributed by atoms with Crippen molar-refractivity contribution in [2.45, 2.75) is 57.3 Å². The summed E-state index contributed by atoms with van der Waals surface area (Å²) in [5.74, 6) is 2.95. The van der Waals surface area contributed by atoms with Crippen molar-refractivity contribution in [1.29, 1.82) is 0 Å². The molecule has 0 radical (unpaired) electrons. The van der Waals surface area contributed by atoms with Crippen molar-refractivity contribution in [3.8, 4) is 0 Å². The van der Waals surface area contributed by atoms with E-state index in [9.17, 15) is 4.39 Å². The summed E-state index contributed by atoms with van der Waals surface area (Å²) in [7, 11) is 0. The summed E-state index contributed by atoms with van der Waals surface area (Å²) in [4.78, 5) is 33.9. The third-order valence-electron chi connectivity index (χ3n) is 11.4. The van der Waals surface area contributed by atoms with Crippen LogP contribution in [-0.4, -0.2) is 51.4 Å². The number of guanidine groups is 2. The topological polar surface area (TPSA) is 106 Å². The van der Waals surface area contributed by atoms with E-state index in [0.717, 1.165) is 70.0 Å². The molecule has 10 rings (SSSR count). The van der Waals surface area contributed by atoms with Gasteiger partial charge in [-0.2, -0.15) is 9.98 Å². The fraction of sp³-hybridized carbons (Fsp3) is 0.234. The second kappa shape index (κ2) is 15.7. The van der Waals surface area contributed by atoms with Crippen molar-refractivity contribution in [2.24, 2.45) is 20.0 Å². The standard InChI is InChI=1S/C47H43FN10/c48-34-18-15-32(16-19-34)45-55-46-53-41(37-21-17-33(31-11-3-1-4-12-31)27-39(37)51-43-13-5-7-23-49-43)29-36-30-42(54-47(56-45)58(36)46)38-22-20-35(57-25-9-2-10-26-57)28-40(38)52-44-14-6-8-24-50-44/h5-8,13-24,27-31H,1-4,9-12,25-26H2,(H,49,51)(H,50,52). The molecule has 2 aromatic heterocycles. The first-order valence-corrected chi connectivity index (χ1v) is 20.4. The van der Waals surface area contributed by atoms with Gasteiger partial charge >= 0.3 is 0 Å². The Morgan fingerprint density at radius 1 is 0.603 bits per heavy atom. The maximum absolute atomic E-state index is 14.1. The number of hydrogen-bond donors (Lipinski definition) is 2. The Bertz CT molecular complexity index is 2420. The van der Waals surface area contributed by atoms with Crippen LogP contribution in [0.15, 0.2) is 147 Å². The first-order chi connectivity index (χ1) is 28.6. The number of anilines is 5. The maximum atomic E-state index is 14.1. The number of aromatic nitrogens is 2. The van der Waals surface area contributed by atoms with Crippen molar-refractivity contribution in [2.75, 3.05) is 28.6 Å². The number of allylic oxidation sites excluding steroid dienone is 2. The van der Waals surface area contributed by atoms with Crippen LogP contribution in [0, 0.1) is 5.82 Å². The minimum absolute atomic E-state index is 0.330. The van der Waals surface area contributed by atoms with Gasteiger partial charge in [-0.05, 0) is 129 Å². The smallest absolute Gasteiger partial charge is 0.239 e. The predicted molar refractivity (Wildman–Crippen MR) is 232 cm³/mol. The van der Waals surface area contributed by atoms with Crippen LogP contribution in [0.25, 0.3) is 5.70 Å². The van der Waals surface area contributed by atoms with Crippen molar-refractivity contribution in [3.05, 3.63) is 155 Å². The molecule has 11 heteroatoms. The summed E-state index contributed by atoms with van der Waals surface area (Å²) in [6, 6.07) is 31.2. The molecule has 4 aliphatic heterocycles. The molecular weight excluding hydrogens is 724 g/mol. The van der Waals surface area contributed by atoms with Gasteiger partial charge in [-0.25, -0.2) is 29.2 Å². The number of hydrogen-bond acceptors (Lipinski definition) is 10. The average Bonchev–Trinajstić information content (AvgIpc) is 3.27. The molecule has 0 amide bonds. The number of rotatable bonds is 9. The summed E-state index contributed by atoms with van der Waals surface area (Å²) >= 11 is 0. The first-order valence-electron chi connectivity index (χ1n) is 20.4. The second-order valence-corrected chi connectivity index (χ2v) is 15.3. The molecule has 288 valence electrons. The summed E-state index contributed by atoms with van der Waals surface area (Å²) in [6.45, 7) is 2.05. The zero-order chi connectivity index (χ0) is 38.8. The van der Waals surface area contributed by atoms with Crippen LogP contribution >= 0.6 is 0 Å². The zero-order valence-corrected chi connectivity index (χ0v) is 32.2. The molecule has 5 aliphatic rings. The fourth-order valence-electron chi connectivity index (χ4n) is 8.46. The normalized spacial score (nSPS) is 17.9. The van der Waals surface area contributed by atoms with Crippen molar-refractivity contribution < 1.29 is 4.39 Å². The molecule has 0 unspecified atom stereocenters. The van der Waals surface area contributed by atoms with Crippen LogP contribution in [0.4, 0.5) is 33.1 Å². The summed E-state index contributed by atoms with van der Waals surface area (Å²) in [5, 5.41) is 7.22. The van der Waals surface area contributed by atoms with Gasteiger partial charge in [0.1, 0.15) is 17.5 Å². The average molecular weight is 767 g/mol. The molecule has 0 spiro atoms. The molecular formula is C47H43FN10. The number of aliphatic imine (C=N–C) groups is 4. The van der Waals surface area contributed by atoms with Crippen LogP contribution in [0.5, 0.6) is 0 Å². The van der Waals surface area contributed by atoms with Gasteiger partial charge in [-0.1, -0.05) is 43.5 Å². The third-order valence-corrected chi connectivity index (χ3v) is 11.4. The number of amidine groups is 1. The number of benzene rings is 3. The molecule has 10 nitrogen and oxygen atoms in total. The monoisotopic (exact) mass is 766 g/mol. The van der Waals surface area contributed by atoms with Gasteiger partial charge in [-0.15, -0.1) is 0 Å².